The lowest BCUT2D eigenvalue weighted by Crippen LogP contribution is -2.18. The van der Waals surface area contributed by atoms with Crippen LogP contribution in [0.25, 0.3) is 10.9 Å². The van der Waals surface area contributed by atoms with Gasteiger partial charge in [-0.25, -0.2) is 0 Å². The molecule has 110 valence electrons. The van der Waals surface area contributed by atoms with Crippen LogP contribution in [0.4, 0.5) is 5.69 Å². The SMILES string of the molecule is NC(=O)c1ccc2ccn(CC(=O)Nc3ccccc3)c2c1. The summed E-state index contributed by atoms with van der Waals surface area (Å²) in [4.78, 5) is 23.4. The number of fused-ring (bicyclic) bond motifs is 1. The molecular weight excluding hydrogens is 278 g/mol. The van der Waals surface area contributed by atoms with Crippen LogP contribution in [-0.2, 0) is 11.3 Å². The summed E-state index contributed by atoms with van der Waals surface area (Å²) >= 11 is 0. The molecule has 2 amide bonds. The van der Waals surface area contributed by atoms with E-state index in [0.29, 0.717) is 5.56 Å². The molecule has 0 fully saturated rings. The topological polar surface area (TPSA) is 77.1 Å². The highest BCUT2D eigenvalue weighted by Gasteiger charge is 2.09. The van der Waals surface area contributed by atoms with E-state index >= 15 is 0 Å². The Labute approximate surface area is 127 Å². The predicted octanol–water partition coefficient (Wildman–Crippen LogP) is 2.38. The van der Waals surface area contributed by atoms with E-state index in [1.807, 2.05) is 48.7 Å². The monoisotopic (exact) mass is 293 g/mol. The van der Waals surface area contributed by atoms with Crippen LogP contribution in [0.2, 0.25) is 0 Å². The van der Waals surface area contributed by atoms with Crippen molar-refractivity contribution in [3.8, 4) is 0 Å². The van der Waals surface area contributed by atoms with Crippen LogP contribution in [0.3, 0.4) is 0 Å². The molecule has 0 bridgehead atoms. The Morgan fingerprint density at radius 2 is 1.82 bits per heavy atom. The number of aromatic nitrogens is 1. The predicted molar refractivity (Wildman–Crippen MR) is 85.5 cm³/mol. The van der Waals surface area contributed by atoms with Crippen LogP contribution in [0.15, 0.2) is 60.8 Å². The van der Waals surface area contributed by atoms with Crippen molar-refractivity contribution in [3.63, 3.8) is 0 Å². The maximum Gasteiger partial charge on any atom is 0.248 e. The molecule has 0 aliphatic carbocycles. The maximum absolute atomic E-state index is 12.1. The van der Waals surface area contributed by atoms with E-state index in [-0.39, 0.29) is 12.5 Å². The summed E-state index contributed by atoms with van der Waals surface area (Å²) < 4.78 is 1.79. The van der Waals surface area contributed by atoms with Crippen molar-refractivity contribution in [2.24, 2.45) is 5.73 Å². The molecule has 2 aromatic carbocycles. The second-order valence-corrected chi connectivity index (χ2v) is 5.00. The van der Waals surface area contributed by atoms with Gasteiger partial charge in [0.25, 0.3) is 0 Å². The zero-order chi connectivity index (χ0) is 15.5. The van der Waals surface area contributed by atoms with Crippen molar-refractivity contribution >= 4 is 28.4 Å². The van der Waals surface area contributed by atoms with Gasteiger partial charge >= 0.3 is 0 Å². The number of amides is 2. The molecule has 22 heavy (non-hydrogen) atoms. The number of carbonyl (C=O) groups excluding carboxylic acids is 2. The molecule has 0 saturated carbocycles. The third-order valence-corrected chi connectivity index (χ3v) is 3.43. The molecular formula is C17H15N3O2. The lowest BCUT2D eigenvalue weighted by molar-refractivity contribution is -0.116. The molecule has 5 nitrogen and oxygen atoms in total. The second kappa shape index (κ2) is 5.73. The lowest BCUT2D eigenvalue weighted by atomic mass is 10.1. The van der Waals surface area contributed by atoms with E-state index in [4.69, 9.17) is 5.73 Å². The number of nitrogens with one attached hydrogen (secondary N) is 1. The number of nitrogens with two attached hydrogens (primary N) is 1. The number of benzene rings is 2. The molecule has 0 saturated heterocycles. The number of carbonyl (C=O) groups is 2. The van der Waals surface area contributed by atoms with Gasteiger partial charge in [0.2, 0.25) is 11.8 Å². The van der Waals surface area contributed by atoms with Gasteiger partial charge in [-0.05, 0) is 35.7 Å². The zero-order valence-electron chi connectivity index (χ0n) is 11.8. The van der Waals surface area contributed by atoms with E-state index in [2.05, 4.69) is 5.32 Å². The molecule has 0 unspecified atom stereocenters. The average Bonchev–Trinajstić information content (AvgIpc) is 2.90. The number of primary amides is 1. The largest absolute Gasteiger partial charge is 0.366 e. The molecule has 1 aromatic heterocycles. The van der Waals surface area contributed by atoms with Crippen LogP contribution in [0.5, 0.6) is 0 Å². The molecule has 0 aliphatic heterocycles. The van der Waals surface area contributed by atoms with Gasteiger partial charge in [-0.2, -0.15) is 0 Å². The first-order valence-corrected chi connectivity index (χ1v) is 6.87. The van der Waals surface area contributed by atoms with Crippen molar-refractivity contribution < 1.29 is 9.59 Å². The smallest absolute Gasteiger partial charge is 0.248 e. The molecule has 0 spiro atoms. The van der Waals surface area contributed by atoms with Gasteiger partial charge in [-0.1, -0.05) is 24.3 Å². The number of rotatable bonds is 4. The quantitative estimate of drug-likeness (QED) is 0.774. The highest BCUT2D eigenvalue weighted by Crippen LogP contribution is 2.18. The van der Waals surface area contributed by atoms with Gasteiger partial charge in [-0.3, -0.25) is 9.59 Å². The van der Waals surface area contributed by atoms with E-state index in [1.54, 1.807) is 16.7 Å². The summed E-state index contributed by atoms with van der Waals surface area (Å²) in [5.74, 6) is -0.614. The van der Waals surface area contributed by atoms with Gasteiger partial charge in [0.05, 0.1) is 0 Å². The normalized spacial score (nSPS) is 10.5. The van der Waals surface area contributed by atoms with Crippen molar-refractivity contribution in [2.45, 2.75) is 6.54 Å². The summed E-state index contributed by atoms with van der Waals surface area (Å²) in [5.41, 5.74) is 7.28. The Morgan fingerprint density at radius 1 is 1.05 bits per heavy atom. The highest BCUT2D eigenvalue weighted by molar-refractivity contribution is 5.97. The molecule has 0 atom stereocenters. The third kappa shape index (κ3) is 2.83. The summed E-state index contributed by atoms with van der Waals surface area (Å²) in [5, 5.41) is 3.79. The molecule has 5 heteroatoms. The Hall–Kier alpha value is -3.08. The van der Waals surface area contributed by atoms with Crippen LogP contribution >= 0.6 is 0 Å². The maximum atomic E-state index is 12.1. The van der Waals surface area contributed by atoms with Gasteiger partial charge in [0, 0.05) is 23.0 Å². The summed E-state index contributed by atoms with van der Waals surface area (Å²) in [6, 6.07) is 16.4. The van der Waals surface area contributed by atoms with Gasteiger partial charge in [0.15, 0.2) is 0 Å². The number of para-hydroxylation sites is 1. The summed E-state index contributed by atoms with van der Waals surface area (Å²) in [6.45, 7) is 0.167. The van der Waals surface area contributed by atoms with Crippen molar-refractivity contribution in [2.75, 3.05) is 5.32 Å². The number of anilines is 1. The second-order valence-electron chi connectivity index (χ2n) is 5.00. The Morgan fingerprint density at radius 3 is 2.55 bits per heavy atom. The van der Waals surface area contributed by atoms with Gasteiger partial charge in [-0.15, -0.1) is 0 Å². The van der Waals surface area contributed by atoms with Gasteiger partial charge in [0.1, 0.15) is 6.54 Å². The molecule has 1 heterocycles. The fourth-order valence-corrected chi connectivity index (χ4v) is 2.35. The molecule has 0 radical (unpaired) electrons. The zero-order valence-corrected chi connectivity index (χ0v) is 11.8. The Bertz CT molecular complexity index is 837. The molecule has 3 aromatic rings. The third-order valence-electron chi connectivity index (χ3n) is 3.43. The summed E-state index contributed by atoms with van der Waals surface area (Å²) in [6.07, 6.45) is 1.82. The van der Waals surface area contributed by atoms with Crippen LogP contribution in [0.1, 0.15) is 10.4 Å². The first-order chi connectivity index (χ1) is 10.6. The first-order valence-electron chi connectivity index (χ1n) is 6.87. The van der Waals surface area contributed by atoms with Crippen molar-refractivity contribution in [3.05, 3.63) is 66.4 Å². The molecule has 3 rings (SSSR count). The first kappa shape index (κ1) is 13.9. The highest BCUT2D eigenvalue weighted by atomic mass is 16.2. The fourth-order valence-electron chi connectivity index (χ4n) is 2.35. The standard InChI is InChI=1S/C17H15N3O2/c18-17(22)13-7-6-12-8-9-20(15(12)10-13)11-16(21)19-14-4-2-1-3-5-14/h1-10H,11H2,(H2,18,22)(H,19,21). The van der Waals surface area contributed by atoms with Crippen molar-refractivity contribution in [1.82, 2.24) is 4.57 Å². The minimum atomic E-state index is -0.483. The van der Waals surface area contributed by atoms with E-state index in [1.165, 1.54) is 0 Å². The lowest BCUT2D eigenvalue weighted by Gasteiger charge is -2.08. The van der Waals surface area contributed by atoms with Crippen LogP contribution in [-0.4, -0.2) is 16.4 Å². The van der Waals surface area contributed by atoms with E-state index < -0.39 is 5.91 Å². The summed E-state index contributed by atoms with van der Waals surface area (Å²) in [7, 11) is 0. The molecule has 0 aliphatic rings. The Kier molecular flexibility index (Phi) is 3.62. The van der Waals surface area contributed by atoms with E-state index in [0.717, 1.165) is 16.6 Å². The average molecular weight is 293 g/mol. The number of nitrogens with zero attached hydrogens (tertiary/aromatic N) is 1. The van der Waals surface area contributed by atoms with Gasteiger partial charge < -0.3 is 15.6 Å². The number of hydrogen-bond donors (Lipinski definition) is 2. The van der Waals surface area contributed by atoms with Crippen molar-refractivity contribution in [1.29, 1.82) is 0 Å². The minimum Gasteiger partial charge on any atom is -0.366 e. The fraction of sp³-hybridized carbons (Fsp3) is 0.0588. The Balaban J connectivity index is 1.83. The van der Waals surface area contributed by atoms with Crippen LogP contribution < -0.4 is 11.1 Å². The number of hydrogen-bond acceptors (Lipinski definition) is 2. The van der Waals surface area contributed by atoms with E-state index in [9.17, 15) is 9.59 Å². The minimum absolute atomic E-state index is 0.131. The van der Waals surface area contributed by atoms with Crippen LogP contribution in [0, 0.1) is 0 Å². The molecule has 3 N–H and O–H groups in total.